The third-order valence-corrected chi connectivity index (χ3v) is 8.67. The number of alkyl halides is 3. The lowest BCUT2D eigenvalue weighted by Crippen LogP contribution is -2.26. The Labute approximate surface area is 260 Å². The van der Waals surface area contributed by atoms with E-state index in [1.165, 1.54) is 35.4 Å². The SMILES string of the molecule is CN1C=C(c2ccc(C(=O)Nc3nc4cc(N(C)C(=O)c5cccc(C(F)(F)F)c5)ccc4n3CCC3C=NC=CC3)s2)OC1. The fraction of sp³-hybridized carbons (Fsp3) is 0.250. The maximum absolute atomic E-state index is 13.4. The number of allylic oxidation sites excluding steroid dienone is 1. The van der Waals surface area contributed by atoms with Gasteiger partial charge in [0, 0.05) is 50.5 Å². The molecule has 0 spiro atoms. The molecule has 6 rings (SSSR count). The lowest BCUT2D eigenvalue weighted by molar-refractivity contribution is -0.137. The van der Waals surface area contributed by atoms with Crippen molar-refractivity contribution in [2.45, 2.75) is 25.6 Å². The minimum Gasteiger partial charge on any atom is -0.470 e. The molecule has 0 saturated heterocycles. The summed E-state index contributed by atoms with van der Waals surface area (Å²) >= 11 is 1.31. The lowest BCUT2D eigenvalue weighted by Gasteiger charge is -2.18. The van der Waals surface area contributed by atoms with E-state index < -0.39 is 17.6 Å². The van der Waals surface area contributed by atoms with Crippen LogP contribution in [0.4, 0.5) is 24.8 Å². The number of anilines is 2. The molecular weight excluding hydrogens is 605 g/mol. The Bertz CT molecular complexity index is 1860. The minimum absolute atomic E-state index is 0.0881. The van der Waals surface area contributed by atoms with Crippen molar-refractivity contribution in [3.63, 3.8) is 0 Å². The smallest absolute Gasteiger partial charge is 0.416 e. The molecule has 13 heteroatoms. The van der Waals surface area contributed by atoms with Gasteiger partial charge in [-0.05, 0) is 67.3 Å². The molecule has 0 aliphatic carbocycles. The van der Waals surface area contributed by atoms with Crippen LogP contribution in [0.25, 0.3) is 16.8 Å². The van der Waals surface area contributed by atoms with Crippen molar-refractivity contribution in [3.05, 3.63) is 94.0 Å². The number of nitrogens with zero attached hydrogens (tertiary/aromatic N) is 5. The zero-order valence-corrected chi connectivity index (χ0v) is 25.2. The predicted octanol–water partition coefficient (Wildman–Crippen LogP) is 6.86. The number of aryl methyl sites for hydroxylation is 1. The van der Waals surface area contributed by atoms with Gasteiger partial charge in [0.1, 0.15) is 0 Å². The molecule has 2 aromatic heterocycles. The Hall–Kier alpha value is -4.91. The van der Waals surface area contributed by atoms with Gasteiger partial charge in [-0.25, -0.2) is 4.98 Å². The summed E-state index contributed by atoms with van der Waals surface area (Å²) in [5.41, 5.74) is 0.705. The molecule has 0 bridgehead atoms. The number of thiophene rings is 1. The molecule has 232 valence electrons. The molecule has 9 nitrogen and oxygen atoms in total. The summed E-state index contributed by atoms with van der Waals surface area (Å²) in [7, 11) is 3.40. The van der Waals surface area contributed by atoms with Crippen LogP contribution in [0.3, 0.4) is 0 Å². The van der Waals surface area contributed by atoms with Crippen molar-refractivity contribution in [2.75, 3.05) is 31.0 Å². The lowest BCUT2D eigenvalue weighted by atomic mass is 10.0. The van der Waals surface area contributed by atoms with Gasteiger partial charge in [-0.2, -0.15) is 13.2 Å². The van der Waals surface area contributed by atoms with Gasteiger partial charge in [0.25, 0.3) is 11.8 Å². The maximum atomic E-state index is 13.4. The Morgan fingerprint density at radius 2 is 2.00 bits per heavy atom. The van der Waals surface area contributed by atoms with Gasteiger partial charge in [-0.1, -0.05) is 12.1 Å². The van der Waals surface area contributed by atoms with Crippen LogP contribution in [0, 0.1) is 5.92 Å². The first-order chi connectivity index (χ1) is 21.6. The summed E-state index contributed by atoms with van der Waals surface area (Å²) in [4.78, 5) is 40.0. The number of aliphatic imine (C=N–C) groups is 1. The minimum atomic E-state index is -4.57. The Kier molecular flexibility index (Phi) is 8.19. The van der Waals surface area contributed by atoms with Crippen LogP contribution in [0.1, 0.15) is 43.3 Å². The molecule has 45 heavy (non-hydrogen) atoms. The number of ether oxygens (including phenoxy) is 1. The van der Waals surface area contributed by atoms with Crippen molar-refractivity contribution < 1.29 is 27.5 Å². The van der Waals surface area contributed by atoms with Crippen LogP contribution < -0.4 is 10.2 Å². The summed E-state index contributed by atoms with van der Waals surface area (Å²) in [6.07, 6.45) is 4.61. The molecule has 1 N–H and O–H groups in total. The van der Waals surface area contributed by atoms with Crippen molar-refractivity contribution in [1.29, 1.82) is 0 Å². The second-order valence-corrected chi connectivity index (χ2v) is 11.9. The molecule has 1 atom stereocenters. The van der Waals surface area contributed by atoms with Gasteiger partial charge < -0.3 is 19.1 Å². The van der Waals surface area contributed by atoms with Gasteiger partial charge in [-0.3, -0.25) is 19.9 Å². The number of carbonyl (C=O) groups excluding carboxylic acids is 2. The molecule has 2 aliphatic heterocycles. The zero-order chi connectivity index (χ0) is 31.7. The fourth-order valence-electron chi connectivity index (χ4n) is 5.14. The molecular formula is C32H29F3N6O3S. The average molecular weight is 635 g/mol. The zero-order valence-electron chi connectivity index (χ0n) is 24.4. The summed E-state index contributed by atoms with van der Waals surface area (Å²) in [6, 6.07) is 13.1. The van der Waals surface area contributed by atoms with Crippen molar-refractivity contribution in [2.24, 2.45) is 10.9 Å². The molecule has 0 radical (unpaired) electrons. The molecule has 2 aliphatic rings. The van der Waals surface area contributed by atoms with E-state index in [0.29, 0.717) is 41.1 Å². The van der Waals surface area contributed by atoms with Crippen LogP contribution in [0.5, 0.6) is 0 Å². The number of nitrogens with one attached hydrogen (secondary N) is 1. The van der Waals surface area contributed by atoms with Crippen molar-refractivity contribution >= 4 is 57.8 Å². The summed E-state index contributed by atoms with van der Waals surface area (Å²) in [6.45, 7) is 0.987. The second-order valence-electron chi connectivity index (χ2n) is 10.8. The van der Waals surface area contributed by atoms with E-state index in [1.807, 2.05) is 41.1 Å². The van der Waals surface area contributed by atoms with Crippen LogP contribution in [-0.2, 0) is 17.5 Å². The van der Waals surface area contributed by atoms with Gasteiger partial charge in [0.05, 0.1) is 26.4 Å². The predicted molar refractivity (Wildman–Crippen MR) is 168 cm³/mol. The largest absolute Gasteiger partial charge is 0.470 e. The van der Waals surface area contributed by atoms with Crippen LogP contribution in [0.15, 0.2) is 78.1 Å². The quantitative estimate of drug-likeness (QED) is 0.229. The van der Waals surface area contributed by atoms with E-state index in [4.69, 9.17) is 9.72 Å². The van der Waals surface area contributed by atoms with Crippen LogP contribution in [-0.4, -0.2) is 53.3 Å². The molecule has 1 unspecified atom stereocenters. The van der Waals surface area contributed by atoms with E-state index in [2.05, 4.69) is 10.3 Å². The number of fused-ring (bicyclic) bond motifs is 1. The highest BCUT2D eigenvalue weighted by Gasteiger charge is 2.31. The maximum Gasteiger partial charge on any atom is 0.416 e. The van der Waals surface area contributed by atoms with E-state index in [9.17, 15) is 22.8 Å². The summed E-state index contributed by atoms with van der Waals surface area (Å²) in [5, 5.41) is 2.95. The number of halogens is 3. The highest BCUT2D eigenvalue weighted by atomic mass is 32.1. The van der Waals surface area contributed by atoms with Gasteiger partial charge in [0.2, 0.25) is 5.95 Å². The number of benzene rings is 2. The molecule has 2 aromatic carbocycles. The molecule has 0 fully saturated rings. The fourth-order valence-corrected chi connectivity index (χ4v) is 6.01. The van der Waals surface area contributed by atoms with Crippen molar-refractivity contribution in [1.82, 2.24) is 14.5 Å². The van der Waals surface area contributed by atoms with E-state index >= 15 is 0 Å². The number of rotatable bonds is 8. The van der Waals surface area contributed by atoms with Crippen LogP contribution >= 0.6 is 11.3 Å². The number of aromatic nitrogens is 2. The van der Waals surface area contributed by atoms with Gasteiger partial charge >= 0.3 is 6.18 Å². The van der Waals surface area contributed by atoms with Gasteiger partial charge in [0.15, 0.2) is 12.5 Å². The second kappa shape index (κ2) is 12.2. The number of amides is 2. The first-order valence-corrected chi connectivity index (χ1v) is 15.0. The molecule has 2 amide bonds. The topological polar surface area (TPSA) is 92.1 Å². The third-order valence-electron chi connectivity index (χ3n) is 7.57. The Balaban J connectivity index is 1.28. The summed E-state index contributed by atoms with van der Waals surface area (Å²) in [5.74, 6) is 0.346. The van der Waals surface area contributed by atoms with Gasteiger partial charge in [-0.15, -0.1) is 11.3 Å². The molecule has 0 saturated carbocycles. The number of imidazole rings is 1. The number of carbonyl (C=O) groups is 2. The highest BCUT2D eigenvalue weighted by molar-refractivity contribution is 7.15. The Morgan fingerprint density at radius 1 is 1.16 bits per heavy atom. The Morgan fingerprint density at radius 3 is 2.73 bits per heavy atom. The first kappa shape index (κ1) is 30.1. The van der Waals surface area contributed by atoms with Crippen molar-refractivity contribution in [3.8, 4) is 0 Å². The summed E-state index contributed by atoms with van der Waals surface area (Å²) < 4.78 is 47.3. The number of hydrogen-bond donors (Lipinski definition) is 1. The van der Waals surface area contributed by atoms with Crippen LogP contribution in [0.2, 0.25) is 0 Å². The normalized spacial score (nSPS) is 16.2. The van der Waals surface area contributed by atoms with E-state index in [1.54, 1.807) is 30.5 Å². The highest BCUT2D eigenvalue weighted by Crippen LogP contribution is 2.32. The third kappa shape index (κ3) is 6.48. The monoisotopic (exact) mass is 634 g/mol. The van der Waals surface area contributed by atoms with E-state index in [-0.39, 0.29) is 17.4 Å². The van der Waals surface area contributed by atoms with E-state index in [0.717, 1.165) is 35.4 Å². The molecule has 4 heterocycles. The standard InChI is InChI=1S/C32H29F3N6O3S/c1-39-18-26(44-19-39)27-10-11-28(45-27)29(42)38-31-37-24-16-23(8-9-25(24)41(31)14-12-20-5-4-13-36-17-20)40(2)30(43)21-6-3-7-22(15-21)32(33,34)35/h3-4,6-11,13,15-18,20H,5,12,14,19H2,1-2H3,(H,37,38,42). The average Bonchev–Trinajstić information content (AvgIpc) is 3.78. The first-order valence-electron chi connectivity index (χ1n) is 14.2. The number of hydrogen-bond acceptors (Lipinski definition) is 7. The molecule has 4 aromatic rings.